The van der Waals surface area contributed by atoms with Crippen molar-refractivity contribution in [3.05, 3.63) is 114 Å². The number of cyclic esters (lactones) is 1. The second-order valence-corrected chi connectivity index (χ2v) is 8.73. The van der Waals surface area contributed by atoms with Crippen molar-refractivity contribution >= 4 is 24.0 Å². The number of hydrogen-bond acceptors (Lipinski definition) is 5. The molecule has 2 heterocycles. The molecule has 3 atom stereocenters. The highest BCUT2D eigenvalue weighted by molar-refractivity contribution is 5.96. The predicted molar refractivity (Wildman–Crippen MR) is 133 cm³/mol. The molecule has 2 fully saturated rings. The normalized spacial score (nSPS) is 21.4. The maximum Gasteiger partial charge on any atom is 0.411 e. The average molecular weight is 483 g/mol. The van der Waals surface area contributed by atoms with Crippen LogP contribution in [0.25, 0.3) is 6.08 Å². The highest BCUT2D eigenvalue weighted by Crippen LogP contribution is 2.37. The van der Waals surface area contributed by atoms with E-state index in [2.05, 4.69) is 0 Å². The molecule has 2 aliphatic heterocycles. The predicted octanol–water partition coefficient (Wildman–Crippen LogP) is 4.22. The van der Waals surface area contributed by atoms with Crippen LogP contribution in [0.4, 0.5) is 4.79 Å². The molecule has 2 aliphatic rings. The van der Waals surface area contributed by atoms with Crippen LogP contribution in [0.15, 0.2) is 97.1 Å². The topological polar surface area (TPSA) is 76.2 Å². The molecule has 7 nitrogen and oxygen atoms in total. The van der Waals surface area contributed by atoms with E-state index in [0.717, 1.165) is 16.7 Å². The van der Waals surface area contributed by atoms with Gasteiger partial charge in [0.05, 0.1) is 12.1 Å². The number of carbonyl (C=O) groups is 3. The summed E-state index contributed by atoms with van der Waals surface area (Å²) >= 11 is 0. The maximum atomic E-state index is 13.3. The smallest absolute Gasteiger partial charge is 0.411 e. The van der Waals surface area contributed by atoms with Crippen molar-refractivity contribution in [1.29, 1.82) is 0 Å². The summed E-state index contributed by atoms with van der Waals surface area (Å²) in [5.41, 5.74) is 2.71. The van der Waals surface area contributed by atoms with Gasteiger partial charge in [0.1, 0.15) is 25.8 Å². The summed E-state index contributed by atoms with van der Waals surface area (Å²) in [6.45, 7) is 0.0932. The number of rotatable bonds is 8. The zero-order valence-corrected chi connectivity index (χ0v) is 19.6. The summed E-state index contributed by atoms with van der Waals surface area (Å²) in [6, 6.07) is 26.9. The Morgan fingerprint density at radius 2 is 1.56 bits per heavy atom. The molecule has 3 aromatic rings. The molecule has 3 aromatic carbocycles. The van der Waals surface area contributed by atoms with Crippen LogP contribution in [0, 0.1) is 0 Å². The molecular formula is C29H26N2O5. The third-order valence-electron chi connectivity index (χ3n) is 6.44. The van der Waals surface area contributed by atoms with Crippen LogP contribution in [-0.4, -0.2) is 53.0 Å². The van der Waals surface area contributed by atoms with Gasteiger partial charge in [0.25, 0.3) is 0 Å². The summed E-state index contributed by atoms with van der Waals surface area (Å²) in [7, 11) is 0. The summed E-state index contributed by atoms with van der Waals surface area (Å²) in [4.78, 5) is 41.7. The van der Waals surface area contributed by atoms with Gasteiger partial charge >= 0.3 is 12.1 Å². The lowest BCUT2D eigenvalue weighted by molar-refractivity contribution is -0.163. The summed E-state index contributed by atoms with van der Waals surface area (Å²) < 4.78 is 10.8. The van der Waals surface area contributed by atoms with E-state index >= 15 is 0 Å². The van der Waals surface area contributed by atoms with E-state index in [1.165, 1.54) is 9.80 Å². The first-order valence-corrected chi connectivity index (χ1v) is 11.8. The first-order chi connectivity index (χ1) is 17.6. The number of amides is 2. The number of benzene rings is 3. The summed E-state index contributed by atoms with van der Waals surface area (Å²) in [5, 5.41) is 0. The van der Waals surface area contributed by atoms with Gasteiger partial charge in [0.15, 0.2) is 0 Å². The van der Waals surface area contributed by atoms with Gasteiger partial charge in [-0.25, -0.2) is 4.79 Å². The van der Waals surface area contributed by atoms with E-state index in [-0.39, 0.29) is 31.7 Å². The number of esters is 1. The molecule has 7 heteroatoms. The number of likely N-dealkylation sites (tertiary alicyclic amines) is 1. The number of ether oxygens (including phenoxy) is 2. The van der Waals surface area contributed by atoms with Crippen molar-refractivity contribution < 1.29 is 23.9 Å². The van der Waals surface area contributed by atoms with Gasteiger partial charge in [0, 0.05) is 0 Å². The Labute approximate surface area is 209 Å². The van der Waals surface area contributed by atoms with Crippen molar-refractivity contribution in [2.24, 2.45) is 0 Å². The molecule has 2 saturated heterocycles. The van der Waals surface area contributed by atoms with Crippen LogP contribution in [0.1, 0.15) is 22.7 Å². The quantitative estimate of drug-likeness (QED) is 0.355. The first kappa shape index (κ1) is 23.4. The van der Waals surface area contributed by atoms with E-state index in [9.17, 15) is 14.4 Å². The van der Waals surface area contributed by atoms with Gasteiger partial charge in [0.2, 0.25) is 5.91 Å². The van der Waals surface area contributed by atoms with Crippen molar-refractivity contribution in [2.45, 2.75) is 24.7 Å². The molecule has 0 aromatic heterocycles. The fraction of sp³-hybridized carbons (Fsp3) is 0.207. The fourth-order valence-electron chi connectivity index (χ4n) is 4.60. The second-order valence-electron chi connectivity index (χ2n) is 8.73. The maximum absolute atomic E-state index is 13.3. The zero-order valence-electron chi connectivity index (χ0n) is 19.6. The van der Waals surface area contributed by atoms with Crippen molar-refractivity contribution in [1.82, 2.24) is 9.80 Å². The Balaban J connectivity index is 1.36. The Morgan fingerprint density at radius 1 is 0.917 bits per heavy atom. The van der Waals surface area contributed by atoms with Gasteiger partial charge < -0.3 is 14.4 Å². The summed E-state index contributed by atoms with van der Waals surface area (Å²) in [6.07, 6.45) is 3.22. The molecule has 0 aliphatic carbocycles. The average Bonchev–Trinajstić information content (AvgIpc) is 3.30. The van der Waals surface area contributed by atoms with E-state index in [4.69, 9.17) is 9.47 Å². The SMILES string of the molecule is O=C(CN1C(=O)[C@@H](N2C(=O)OC[C@@H]2c2ccccc2)[C@H]1C=Cc1ccccc1)OCc1ccccc1. The largest absolute Gasteiger partial charge is 0.459 e. The Bertz CT molecular complexity index is 1250. The molecule has 0 N–H and O–H groups in total. The van der Waals surface area contributed by atoms with Gasteiger partial charge in [-0.2, -0.15) is 0 Å². The highest BCUT2D eigenvalue weighted by Gasteiger charge is 2.55. The molecule has 0 spiro atoms. The van der Waals surface area contributed by atoms with Crippen LogP contribution in [-0.2, 0) is 25.7 Å². The Kier molecular flexibility index (Phi) is 6.80. The van der Waals surface area contributed by atoms with Crippen molar-refractivity contribution in [3.63, 3.8) is 0 Å². The minimum Gasteiger partial charge on any atom is -0.459 e. The highest BCUT2D eigenvalue weighted by atomic mass is 16.6. The fourth-order valence-corrected chi connectivity index (χ4v) is 4.60. The third kappa shape index (κ3) is 4.86. The van der Waals surface area contributed by atoms with Crippen molar-refractivity contribution in [3.8, 4) is 0 Å². The number of hydrogen-bond donors (Lipinski definition) is 0. The third-order valence-corrected chi connectivity index (χ3v) is 6.44. The van der Waals surface area contributed by atoms with E-state index < -0.39 is 24.1 Å². The van der Waals surface area contributed by atoms with Crippen LogP contribution in [0.2, 0.25) is 0 Å². The molecule has 2 amide bonds. The number of β-lactam (4-membered cyclic amide) rings is 1. The molecule has 0 bridgehead atoms. The number of nitrogens with zero attached hydrogens (tertiary/aromatic N) is 2. The second kappa shape index (κ2) is 10.5. The lowest BCUT2D eigenvalue weighted by Gasteiger charge is -2.49. The van der Waals surface area contributed by atoms with E-state index in [1.807, 2.05) is 103 Å². The van der Waals surface area contributed by atoms with Crippen LogP contribution >= 0.6 is 0 Å². The first-order valence-electron chi connectivity index (χ1n) is 11.8. The molecule has 5 rings (SSSR count). The minimum atomic E-state index is -0.771. The standard InChI is InChI=1S/C29H26N2O5/c32-26(35-19-22-12-6-2-7-13-22)18-30-24(17-16-21-10-4-1-5-11-21)27(28(30)33)31-25(20-36-29(31)34)23-14-8-3-9-15-23/h1-17,24-25,27H,18-20H2/t24-,25-,27+/m1/s1. The van der Waals surface area contributed by atoms with Crippen LogP contribution < -0.4 is 0 Å². The Morgan fingerprint density at radius 3 is 2.25 bits per heavy atom. The lowest BCUT2D eigenvalue weighted by Crippen LogP contribution is -2.71. The molecular weight excluding hydrogens is 456 g/mol. The number of carbonyl (C=O) groups excluding carboxylic acids is 3. The lowest BCUT2D eigenvalue weighted by atomic mass is 9.90. The molecule has 0 radical (unpaired) electrons. The molecule has 36 heavy (non-hydrogen) atoms. The van der Waals surface area contributed by atoms with E-state index in [1.54, 1.807) is 0 Å². The Hall–Kier alpha value is -4.39. The van der Waals surface area contributed by atoms with Crippen LogP contribution in [0.5, 0.6) is 0 Å². The monoisotopic (exact) mass is 482 g/mol. The van der Waals surface area contributed by atoms with Crippen LogP contribution in [0.3, 0.4) is 0 Å². The molecule has 0 unspecified atom stereocenters. The van der Waals surface area contributed by atoms with Gasteiger partial charge in [-0.1, -0.05) is 103 Å². The zero-order chi connectivity index (χ0) is 24.9. The minimum absolute atomic E-state index is 0.129. The molecule has 182 valence electrons. The summed E-state index contributed by atoms with van der Waals surface area (Å²) in [5.74, 6) is -0.818. The van der Waals surface area contributed by atoms with Gasteiger partial charge in [-0.3, -0.25) is 14.5 Å². The van der Waals surface area contributed by atoms with Gasteiger partial charge in [-0.15, -0.1) is 0 Å². The molecule has 0 saturated carbocycles. The van der Waals surface area contributed by atoms with E-state index in [0.29, 0.717) is 0 Å². The van der Waals surface area contributed by atoms with Crippen molar-refractivity contribution in [2.75, 3.05) is 13.2 Å². The van der Waals surface area contributed by atoms with Gasteiger partial charge in [-0.05, 0) is 16.7 Å².